The molecule has 0 atom stereocenters. The molecule has 0 radical (unpaired) electrons. The van der Waals surface area contributed by atoms with Crippen LogP contribution in [0.25, 0.3) is 0 Å². The third-order valence-electron chi connectivity index (χ3n) is 3.11. The molecule has 18 heavy (non-hydrogen) atoms. The lowest BCUT2D eigenvalue weighted by Gasteiger charge is -2.28. The summed E-state index contributed by atoms with van der Waals surface area (Å²) in [5.41, 5.74) is 1.13. The summed E-state index contributed by atoms with van der Waals surface area (Å²) in [6.45, 7) is 11.8. The molecule has 0 aliphatic carbocycles. The van der Waals surface area contributed by atoms with Gasteiger partial charge < -0.3 is 10.2 Å². The van der Waals surface area contributed by atoms with Crippen molar-refractivity contribution in [2.75, 3.05) is 23.8 Å². The van der Waals surface area contributed by atoms with Gasteiger partial charge in [-0.3, -0.25) is 0 Å². The predicted molar refractivity (Wildman–Crippen MR) is 78.5 cm³/mol. The first-order valence-corrected chi connectivity index (χ1v) is 6.86. The number of aromatic nitrogens is 2. The van der Waals surface area contributed by atoms with Gasteiger partial charge in [-0.2, -0.15) is 0 Å². The maximum atomic E-state index is 4.74. The van der Waals surface area contributed by atoms with Crippen LogP contribution in [0.2, 0.25) is 0 Å². The maximum Gasteiger partial charge on any atom is 0.137 e. The average molecular weight is 250 g/mol. The van der Waals surface area contributed by atoms with E-state index in [-0.39, 0.29) is 0 Å². The smallest absolute Gasteiger partial charge is 0.137 e. The topological polar surface area (TPSA) is 41.1 Å². The number of rotatable bonds is 6. The summed E-state index contributed by atoms with van der Waals surface area (Å²) >= 11 is 0. The van der Waals surface area contributed by atoms with Gasteiger partial charge in [0.1, 0.15) is 17.5 Å². The number of nitrogens with one attached hydrogen (secondary N) is 1. The van der Waals surface area contributed by atoms with Crippen LogP contribution in [-0.4, -0.2) is 29.6 Å². The number of nitrogens with zero attached hydrogens (tertiary/aromatic N) is 3. The summed E-state index contributed by atoms with van der Waals surface area (Å²) in [4.78, 5) is 11.6. The van der Waals surface area contributed by atoms with Gasteiger partial charge in [0.05, 0.1) is 0 Å². The summed E-state index contributed by atoms with van der Waals surface area (Å²) < 4.78 is 0. The summed E-state index contributed by atoms with van der Waals surface area (Å²) in [7, 11) is 1.92. The summed E-state index contributed by atoms with van der Waals surface area (Å²) in [5, 5.41) is 3.17. The Labute approximate surface area is 111 Å². The molecular weight excluding hydrogens is 224 g/mol. The Hall–Kier alpha value is -1.32. The van der Waals surface area contributed by atoms with E-state index in [1.165, 1.54) is 0 Å². The fourth-order valence-electron chi connectivity index (χ4n) is 2.17. The molecule has 1 aromatic rings. The van der Waals surface area contributed by atoms with E-state index in [0.29, 0.717) is 6.04 Å². The minimum Gasteiger partial charge on any atom is -0.373 e. The molecule has 0 aliphatic heterocycles. The van der Waals surface area contributed by atoms with Crippen LogP contribution in [0.3, 0.4) is 0 Å². The van der Waals surface area contributed by atoms with Crippen LogP contribution >= 0.6 is 0 Å². The predicted octanol–water partition coefficient (Wildman–Crippen LogP) is 3.01. The Balaban J connectivity index is 3.26. The number of hydrogen-bond acceptors (Lipinski definition) is 4. The van der Waals surface area contributed by atoms with E-state index >= 15 is 0 Å². The standard InChI is InChI=1S/C14H26N4/c1-7-9-12-16-13(15-6)11(5)14(17-12)18(8-2)10(3)4/h10H,7-9H2,1-6H3,(H,15,16,17). The fourth-order valence-corrected chi connectivity index (χ4v) is 2.17. The van der Waals surface area contributed by atoms with Crippen LogP contribution in [0.1, 0.15) is 45.5 Å². The van der Waals surface area contributed by atoms with E-state index in [1.54, 1.807) is 0 Å². The van der Waals surface area contributed by atoms with Gasteiger partial charge in [-0.15, -0.1) is 0 Å². The molecular formula is C14H26N4. The molecule has 1 heterocycles. The Bertz CT molecular complexity index is 388. The van der Waals surface area contributed by atoms with E-state index in [0.717, 1.165) is 42.4 Å². The molecule has 0 bridgehead atoms. The zero-order valence-electron chi connectivity index (χ0n) is 12.5. The van der Waals surface area contributed by atoms with Gasteiger partial charge >= 0.3 is 0 Å². The van der Waals surface area contributed by atoms with E-state index < -0.39 is 0 Å². The average Bonchev–Trinajstić information content (AvgIpc) is 2.33. The van der Waals surface area contributed by atoms with Crippen LogP contribution in [0, 0.1) is 6.92 Å². The highest BCUT2D eigenvalue weighted by Crippen LogP contribution is 2.25. The summed E-state index contributed by atoms with van der Waals surface area (Å²) in [5.74, 6) is 2.94. The van der Waals surface area contributed by atoms with Gasteiger partial charge in [0.15, 0.2) is 0 Å². The summed E-state index contributed by atoms with van der Waals surface area (Å²) in [6, 6.07) is 0.447. The fraction of sp³-hybridized carbons (Fsp3) is 0.714. The van der Waals surface area contributed by atoms with Crippen molar-refractivity contribution in [2.24, 2.45) is 0 Å². The van der Waals surface area contributed by atoms with E-state index in [4.69, 9.17) is 4.98 Å². The molecule has 0 saturated heterocycles. The quantitative estimate of drug-likeness (QED) is 0.842. The van der Waals surface area contributed by atoms with Crippen molar-refractivity contribution in [2.45, 2.75) is 53.5 Å². The molecule has 0 amide bonds. The lowest BCUT2D eigenvalue weighted by molar-refractivity contribution is 0.683. The summed E-state index contributed by atoms with van der Waals surface area (Å²) in [6.07, 6.45) is 2.00. The normalized spacial score (nSPS) is 10.8. The van der Waals surface area contributed by atoms with E-state index in [1.807, 2.05) is 7.05 Å². The van der Waals surface area contributed by atoms with E-state index in [9.17, 15) is 0 Å². The molecule has 0 saturated carbocycles. The monoisotopic (exact) mass is 250 g/mol. The molecule has 102 valence electrons. The zero-order valence-corrected chi connectivity index (χ0v) is 12.5. The van der Waals surface area contributed by atoms with Crippen molar-refractivity contribution in [1.82, 2.24) is 9.97 Å². The second kappa shape index (κ2) is 6.57. The van der Waals surface area contributed by atoms with E-state index in [2.05, 4.69) is 49.8 Å². The SMILES string of the molecule is CCCc1nc(NC)c(C)c(N(CC)C(C)C)n1. The highest BCUT2D eigenvalue weighted by Gasteiger charge is 2.17. The Morgan fingerprint density at radius 3 is 2.33 bits per heavy atom. The van der Waals surface area contributed by atoms with Crippen molar-refractivity contribution >= 4 is 11.6 Å². The van der Waals surface area contributed by atoms with Crippen molar-refractivity contribution in [3.63, 3.8) is 0 Å². The highest BCUT2D eigenvalue weighted by atomic mass is 15.2. The van der Waals surface area contributed by atoms with Gasteiger partial charge in [-0.1, -0.05) is 6.92 Å². The third kappa shape index (κ3) is 3.12. The molecule has 1 aromatic heterocycles. The second-order valence-corrected chi connectivity index (χ2v) is 4.82. The number of hydrogen-bond donors (Lipinski definition) is 1. The van der Waals surface area contributed by atoms with Crippen LogP contribution in [0.15, 0.2) is 0 Å². The lowest BCUT2D eigenvalue weighted by Crippen LogP contribution is -2.32. The molecule has 4 nitrogen and oxygen atoms in total. The zero-order chi connectivity index (χ0) is 13.7. The first-order chi connectivity index (χ1) is 8.54. The van der Waals surface area contributed by atoms with Crippen molar-refractivity contribution < 1.29 is 0 Å². The van der Waals surface area contributed by atoms with Gasteiger partial charge in [-0.25, -0.2) is 9.97 Å². The van der Waals surface area contributed by atoms with Crippen LogP contribution in [0.4, 0.5) is 11.6 Å². The van der Waals surface area contributed by atoms with Gasteiger partial charge in [0.2, 0.25) is 0 Å². The first-order valence-electron chi connectivity index (χ1n) is 6.86. The minimum absolute atomic E-state index is 0.447. The maximum absolute atomic E-state index is 4.74. The second-order valence-electron chi connectivity index (χ2n) is 4.82. The number of anilines is 2. The number of aryl methyl sites for hydroxylation is 1. The van der Waals surface area contributed by atoms with Crippen LogP contribution < -0.4 is 10.2 Å². The van der Waals surface area contributed by atoms with Crippen molar-refractivity contribution in [3.8, 4) is 0 Å². The van der Waals surface area contributed by atoms with Gasteiger partial charge in [-0.05, 0) is 34.1 Å². The molecule has 0 aromatic carbocycles. The molecule has 0 aliphatic rings. The van der Waals surface area contributed by atoms with Crippen LogP contribution in [0.5, 0.6) is 0 Å². The molecule has 1 rings (SSSR count). The molecule has 0 unspecified atom stereocenters. The molecule has 1 N–H and O–H groups in total. The minimum atomic E-state index is 0.447. The lowest BCUT2D eigenvalue weighted by atomic mass is 10.2. The molecule has 0 spiro atoms. The van der Waals surface area contributed by atoms with Crippen molar-refractivity contribution in [1.29, 1.82) is 0 Å². The highest BCUT2D eigenvalue weighted by molar-refractivity contribution is 5.58. The molecule has 0 fully saturated rings. The van der Waals surface area contributed by atoms with Crippen LogP contribution in [-0.2, 0) is 6.42 Å². The third-order valence-corrected chi connectivity index (χ3v) is 3.11. The van der Waals surface area contributed by atoms with Gasteiger partial charge in [0, 0.05) is 31.6 Å². The molecule has 4 heteroatoms. The van der Waals surface area contributed by atoms with Crippen molar-refractivity contribution in [3.05, 3.63) is 11.4 Å². The Kier molecular flexibility index (Phi) is 5.38. The Morgan fingerprint density at radius 1 is 1.22 bits per heavy atom. The largest absolute Gasteiger partial charge is 0.373 e. The first kappa shape index (κ1) is 14.7. The van der Waals surface area contributed by atoms with Gasteiger partial charge in [0.25, 0.3) is 0 Å². The Morgan fingerprint density at radius 2 is 1.89 bits per heavy atom.